The summed E-state index contributed by atoms with van der Waals surface area (Å²) in [4.78, 5) is 28.7. The molecule has 0 fully saturated rings. The summed E-state index contributed by atoms with van der Waals surface area (Å²) in [6, 6.07) is 8.14. The molecule has 0 saturated carbocycles. The van der Waals surface area contributed by atoms with Gasteiger partial charge in [-0.15, -0.1) is 0 Å². The van der Waals surface area contributed by atoms with E-state index in [-0.39, 0.29) is 18.3 Å². The van der Waals surface area contributed by atoms with Crippen LogP contribution >= 0.6 is 11.3 Å². The molecule has 0 amide bonds. The van der Waals surface area contributed by atoms with Gasteiger partial charge >= 0.3 is 5.97 Å². The van der Waals surface area contributed by atoms with Gasteiger partial charge in [0.15, 0.2) is 5.01 Å². The average Bonchev–Trinajstić information content (AvgIpc) is 2.96. The molecule has 0 aliphatic carbocycles. The van der Waals surface area contributed by atoms with Crippen molar-refractivity contribution >= 4 is 22.3 Å². The predicted octanol–water partition coefficient (Wildman–Crippen LogP) is 2.60. The monoisotopic (exact) mass is 359 g/mol. The van der Waals surface area contributed by atoms with Gasteiger partial charge < -0.3 is 9.47 Å². The SMILES string of the molecule is Cc1cc(=O)n2nc(COC(=O)c3ccc(OC(C)C)cc3)sc2n1. The lowest BCUT2D eigenvalue weighted by Gasteiger charge is -2.09. The van der Waals surface area contributed by atoms with Crippen LogP contribution in [0.15, 0.2) is 35.1 Å². The smallest absolute Gasteiger partial charge is 0.338 e. The Balaban J connectivity index is 1.68. The van der Waals surface area contributed by atoms with E-state index in [0.29, 0.717) is 27.0 Å². The molecule has 0 aliphatic rings. The highest BCUT2D eigenvalue weighted by Crippen LogP contribution is 2.16. The number of aryl methyl sites for hydroxylation is 1. The van der Waals surface area contributed by atoms with Gasteiger partial charge in [0, 0.05) is 11.8 Å². The van der Waals surface area contributed by atoms with Gasteiger partial charge in [0.1, 0.15) is 12.4 Å². The van der Waals surface area contributed by atoms with Crippen LogP contribution in [0.1, 0.15) is 34.9 Å². The van der Waals surface area contributed by atoms with Gasteiger partial charge in [-0.1, -0.05) is 11.3 Å². The number of carbonyl (C=O) groups is 1. The highest BCUT2D eigenvalue weighted by Gasteiger charge is 2.12. The minimum atomic E-state index is -0.466. The van der Waals surface area contributed by atoms with E-state index in [9.17, 15) is 9.59 Å². The first-order chi connectivity index (χ1) is 11.9. The molecule has 0 N–H and O–H groups in total. The van der Waals surface area contributed by atoms with E-state index in [1.165, 1.54) is 21.9 Å². The number of aromatic nitrogens is 3. The van der Waals surface area contributed by atoms with Crippen molar-refractivity contribution < 1.29 is 14.3 Å². The Morgan fingerprint density at radius 1 is 1.28 bits per heavy atom. The molecule has 1 aromatic carbocycles. The maximum Gasteiger partial charge on any atom is 0.338 e. The second-order valence-corrected chi connectivity index (χ2v) is 6.73. The van der Waals surface area contributed by atoms with Crippen LogP contribution in [0.2, 0.25) is 0 Å². The first-order valence-electron chi connectivity index (χ1n) is 7.72. The van der Waals surface area contributed by atoms with Crippen molar-refractivity contribution in [2.75, 3.05) is 0 Å². The molecule has 0 aliphatic heterocycles. The van der Waals surface area contributed by atoms with Crippen molar-refractivity contribution in [3.05, 3.63) is 57.0 Å². The van der Waals surface area contributed by atoms with E-state index in [0.717, 1.165) is 0 Å². The Labute approximate surface area is 147 Å². The molecule has 2 heterocycles. The molecule has 0 unspecified atom stereocenters. The van der Waals surface area contributed by atoms with Gasteiger partial charge in [-0.2, -0.15) is 9.61 Å². The maximum absolute atomic E-state index is 12.1. The van der Waals surface area contributed by atoms with E-state index in [1.807, 2.05) is 13.8 Å². The lowest BCUT2D eigenvalue weighted by atomic mass is 10.2. The normalized spacial score (nSPS) is 11.0. The molecule has 3 aromatic rings. The van der Waals surface area contributed by atoms with Crippen molar-refractivity contribution in [3.63, 3.8) is 0 Å². The molecule has 0 atom stereocenters. The molecule has 0 radical (unpaired) electrons. The fraction of sp³-hybridized carbons (Fsp3) is 0.294. The molecule has 0 saturated heterocycles. The zero-order valence-electron chi connectivity index (χ0n) is 14.1. The number of hydrogen-bond donors (Lipinski definition) is 0. The summed E-state index contributed by atoms with van der Waals surface area (Å²) in [5.74, 6) is 0.227. The number of esters is 1. The summed E-state index contributed by atoms with van der Waals surface area (Å²) >= 11 is 1.22. The molecule has 0 spiro atoms. The van der Waals surface area contributed by atoms with Crippen molar-refractivity contribution in [1.82, 2.24) is 14.6 Å². The second-order valence-electron chi connectivity index (χ2n) is 5.69. The van der Waals surface area contributed by atoms with Crippen LogP contribution in [-0.4, -0.2) is 26.7 Å². The van der Waals surface area contributed by atoms with E-state index in [2.05, 4.69) is 10.1 Å². The number of hydrogen-bond acceptors (Lipinski definition) is 7. The summed E-state index contributed by atoms with van der Waals surface area (Å²) in [6.07, 6.45) is 0.0671. The number of benzene rings is 1. The molecule has 25 heavy (non-hydrogen) atoms. The molecule has 7 nitrogen and oxygen atoms in total. The molecule has 130 valence electrons. The van der Waals surface area contributed by atoms with Gasteiger partial charge in [0.05, 0.1) is 11.7 Å². The molecular formula is C17H17N3O4S. The van der Waals surface area contributed by atoms with Gasteiger partial charge in [0.25, 0.3) is 5.56 Å². The Bertz CT molecular complexity index is 960. The van der Waals surface area contributed by atoms with Gasteiger partial charge in [-0.05, 0) is 45.0 Å². The number of carbonyl (C=O) groups excluding carboxylic acids is 1. The maximum atomic E-state index is 12.1. The van der Waals surface area contributed by atoms with Gasteiger partial charge in [-0.25, -0.2) is 9.78 Å². The predicted molar refractivity (Wildman–Crippen MR) is 93.2 cm³/mol. The third-order valence-electron chi connectivity index (χ3n) is 3.20. The highest BCUT2D eigenvalue weighted by atomic mass is 32.1. The number of fused-ring (bicyclic) bond motifs is 1. The molecule has 8 heteroatoms. The first kappa shape index (κ1) is 17.1. The van der Waals surface area contributed by atoms with Crippen molar-refractivity contribution in [2.45, 2.75) is 33.5 Å². The number of ether oxygens (including phenoxy) is 2. The summed E-state index contributed by atoms with van der Waals surface area (Å²) in [7, 11) is 0. The van der Waals surface area contributed by atoms with E-state index in [1.54, 1.807) is 31.2 Å². The zero-order valence-corrected chi connectivity index (χ0v) is 14.9. The fourth-order valence-electron chi connectivity index (χ4n) is 2.17. The number of nitrogens with zero attached hydrogens (tertiary/aromatic N) is 3. The fourth-order valence-corrected chi connectivity index (χ4v) is 3.03. The molecule has 3 rings (SSSR count). The summed E-state index contributed by atoms with van der Waals surface area (Å²) < 4.78 is 12.0. The van der Waals surface area contributed by atoms with Gasteiger partial charge in [-0.3, -0.25) is 4.79 Å². The van der Waals surface area contributed by atoms with Crippen LogP contribution in [0.4, 0.5) is 0 Å². The standard InChI is InChI=1S/C17H17N3O4S/c1-10(2)24-13-6-4-12(5-7-13)16(22)23-9-14-19-20-15(21)8-11(3)18-17(20)25-14/h4-8,10H,9H2,1-3H3. The lowest BCUT2D eigenvalue weighted by molar-refractivity contribution is 0.0471. The van der Waals surface area contributed by atoms with Crippen molar-refractivity contribution in [2.24, 2.45) is 0 Å². The van der Waals surface area contributed by atoms with Crippen molar-refractivity contribution in [1.29, 1.82) is 0 Å². The van der Waals surface area contributed by atoms with Crippen LogP contribution in [0.25, 0.3) is 4.96 Å². The van der Waals surface area contributed by atoms with Crippen LogP contribution < -0.4 is 10.3 Å². The van der Waals surface area contributed by atoms with E-state index >= 15 is 0 Å². The van der Waals surface area contributed by atoms with E-state index in [4.69, 9.17) is 9.47 Å². The summed E-state index contributed by atoms with van der Waals surface area (Å²) in [5, 5.41) is 4.63. The quantitative estimate of drug-likeness (QED) is 0.651. The van der Waals surface area contributed by atoms with E-state index < -0.39 is 5.97 Å². The largest absolute Gasteiger partial charge is 0.491 e. The highest BCUT2D eigenvalue weighted by molar-refractivity contribution is 7.16. The minimum absolute atomic E-state index is 0.0183. The Morgan fingerprint density at radius 2 is 2.00 bits per heavy atom. The number of rotatable bonds is 5. The lowest BCUT2D eigenvalue weighted by Crippen LogP contribution is -2.14. The third kappa shape index (κ3) is 4.03. The minimum Gasteiger partial charge on any atom is -0.491 e. The van der Waals surface area contributed by atoms with Crippen LogP contribution in [0.5, 0.6) is 5.75 Å². The average molecular weight is 359 g/mol. The zero-order chi connectivity index (χ0) is 18.0. The summed E-state index contributed by atoms with van der Waals surface area (Å²) in [5.41, 5.74) is 0.793. The van der Waals surface area contributed by atoms with Crippen LogP contribution in [0, 0.1) is 6.92 Å². The Hall–Kier alpha value is -2.74. The first-order valence-corrected chi connectivity index (χ1v) is 8.54. The second kappa shape index (κ2) is 7.02. The Morgan fingerprint density at radius 3 is 2.68 bits per heavy atom. The summed E-state index contributed by atoms with van der Waals surface area (Å²) in [6.45, 7) is 5.59. The topological polar surface area (TPSA) is 82.8 Å². The Kier molecular flexibility index (Phi) is 4.80. The van der Waals surface area contributed by atoms with Gasteiger partial charge in [0.2, 0.25) is 4.96 Å². The van der Waals surface area contributed by atoms with Crippen LogP contribution in [-0.2, 0) is 11.3 Å². The molecular weight excluding hydrogens is 342 g/mol. The molecule has 0 bridgehead atoms. The molecule has 2 aromatic heterocycles. The third-order valence-corrected chi connectivity index (χ3v) is 4.09. The van der Waals surface area contributed by atoms with Crippen LogP contribution in [0.3, 0.4) is 0 Å². The van der Waals surface area contributed by atoms with Crippen molar-refractivity contribution in [3.8, 4) is 5.75 Å².